The van der Waals surface area contributed by atoms with Crippen LogP contribution in [0.2, 0.25) is 4.34 Å². The van der Waals surface area contributed by atoms with Crippen LogP contribution in [0, 0.1) is 13.8 Å². The average Bonchev–Trinajstić information content (AvgIpc) is 2.83. The summed E-state index contributed by atoms with van der Waals surface area (Å²) in [5.74, 6) is -0.179. The fourth-order valence-electron chi connectivity index (χ4n) is 1.55. The Morgan fingerprint density at radius 1 is 1.47 bits per heavy atom. The van der Waals surface area contributed by atoms with Gasteiger partial charge in [0.05, 0.1) is 6.20 Å². The molecule has 1 N–H and O–H groups in total. The van der Waals surface area contributed by atoms with Gasteiger partial charge in [-0.3, -0.25) is 9.59 Å². The zero-order valence-electron chi connectivity index (χ0n) is 10.4. The monoisotopic (exact) mass is 317 g/mol. The summed E-state index contributed by atoms with van der Waals surface area (Å²) < 4.78 is 2.14. The predicted octanol–water partition coefficient (Wildman–Crippen LogP) is 2.67. The maximum atomic E-state index is 11.7. The summed E-state index contributed by atoms with van der Waals surface area (Å²) in [6.45, 7) is 4.15. The molecule has 2 heterocycles. The number of carbonyl (C=O) groups excluding carboxylic acids is 1. The number of aromatic nitrogens is 2. The Hall–Kier alpha value is -1.18. The van der Waals surface area contributed by atoms with Crippen molar-refractivity contribution >= 4 is 45.3 Å². The first-order chi connectivity index (χ1) is 8.97. The van der Waals surface area contributed by atoms with E-state index in [0.29, 0.717) is 16.0 Å². The van der Waals surface area contributed by atoms with Crippen LogP contribution in [0.1, 0.15) is 17.0 Å². The van der Waals surface area contributed by atoms with Gasteiger partial charge in [-0.25, -0.2) is 4.98 Å². The van der Waals surface area contributed by atoms with Crippen molar-refractivity contribution in [1.29, 1.82) is 0 Å². The standard InChI is InChI=1S/C11H12ClN3O2S2/c1-6-7(2)18-11(17)15(6)4-3-9(16)14-10-13-5-8(12)19-10/h5H,3-4H2,1-2H3,(H,13,14,16). The summed E-state index contributed by atoms with van der Waals surface area (Å²) in [5, 5.41) is 3.12. The molecule has 0 aliphatic rings. The van der Waals surface area contributed by atoms with E-state index >= 15 is 0 Å². The zero-order valence-corrected chi connectivity index (χ0v) is 12.8. The molecule has 8 heteroatoms. The molecule has 1 amide bonds. The van der Waals surface area contributed by atoms with Gasteiger partial charge in [-0.15, -0.1) is 0 Å². The largest absolute Gasteiger partial charge is 0.307 e. The molecule has 0 bridgehead atoms. The second-order valence-electron chi connectivity index (χ2n) is 3.93. The van der Waals surface area contributed by atoms with Crippen LogP contribution < -0.4 is 10.2 Å². The number of thiazole rings is 2. The minimum atomic E-state index is -0.179. The number of anilines is 1. The summed E-state index contributed by atoms with van der Waals surface area (Å²) >= 11 is 8.13. The summed E-state index contributed by atoms with van der Waals surface area (Å²) in [6, 6.07) is 0. The van der Waals surface area contributed by atoms with Crippen LogP contribution in [0.15, 0.2) is 11.0 Å². The summed E-state index contributed by atoms with van der Waals surface area (Å²) in [4.78, 5) is 28.3. The molecular formula is C11H12ClN3O2S2. The molecule has 2 aromatic heterocycles. The van der Waals surface area contributed by atoms with Crippen LogP contribution in [-0.2, 0) is 11.3 Å². The van der Waals surface area contributed by atoms with Gasteiger partial charge in [0.15, 0.2) is 5.13 Å². The van der Waals surface area contributed by atoms with E-state index < -0.39 is 0 Å². The van der Waals surface area contributed by atoms with E-state index in [1.165, 1.54) is 28.9 Å². The highest BCUT2D eigenvalue weighted by molar-refractivity contribution is 7.19. The van der Waals surface area contributed by atoms with Gasteiger partial charge < -0.3 is 9.88 Å². The van der Waals surface area contributed by atoms with Gasteiger partial charge in [-0.05, 0) is 13.8 Å². The van der Waals surface area contributed by atoms with Crippen molar-refractivity contribution in [2.24, 2.45) is 0 Å². The van der Waals surface area contributed by atoms with Gasteiger partial charge in [-0.2, -0.15) is 0 Å². The minimum Gasteiger partial charge on any atom is -0.303 e. The van der Waals surface area contributed by atoms with Crippen LogP contribution >= 0.6 is 34.3 Å². The number of aryl methyl sites for hydroxylation is 1. The first-order valence-corrected chi connectivity index (χ1v) is 7.56. The highest BCUT2D eigenvalue weighted by Gasteiger charge is 2.10. The number of carbonyl (C=O) groups is 1. The van der Waals surface area contributed by atoms with E-state index in [-0.39, 0.29) is 17.2 Å². The normalized spacial score (nSPS) is 10.7. The molecule has 0 aliphatic heterocycles. The molecule has 0 radical (unpaired) electrons. The van der Waals surface area contributed by atoms with Crippen molar-refractivity contribution in [3.05, 3.63) is 30.8 Å². The van der Waals surface area contributed by atoms with Gasteiger partial charge in [-0.1, -0.05) is 34.3 Å². The second-order valence-corrected chi connectivity index (χ2v) is 6.76. The van der Waals surface area contributed by atoms with Crippen molar-refractivity contribution in [3.8, 4) is 0 Å². The quantitative estimate of drug-likeness (QED) is 0.943. The molecule has 19 heavy (non-hydrogen) atoms. The number of halogens is 1. The van der Waals surface area contributed by atoms with Gasteiger partial charge in [0, 0.05) is 23.5 Å². The third-order valence-electron chi connectivity index (χ3n) is 2.66. The van der Waals surface area contributed by atoms with Crippen molar-refractivity contribution in [2.45, 2.75) is 26.8 Å². The smallest absolute Gasteiger partial charge is 0.303 e. The van der Waals surface area contributed by atoms with E-state index in [4.69, 9.17) is 11.6 Å². The van der Waals surface area contributed by atoms with Gasteiger partial charge in [0.25, 0.3) is 0 Å². The van der Waals surface area contributed by atoms with Gasteiger partial charge in [0.1, 0.15) is 4.34 Å². The van der Waals surface area contributed by atoms with Crippen LogP contribution in [0.3, 0.4) is 0 Å². The maximum Gasteiger partial charge on any atom is 0.307 e. The molecule has 0 aliphatic carbocycles. The Balaban J connectivity index is 1.95. The van der Waals surface area contributed by atoms with Crippen molar-refractivity contribution in [2.75, 3.05) is 5.32 Å². The van der Waals surface area contributed by atoms with Crippen LogP contribution in [0.4, 0.5) is 5.13 Å². The highest BCUT2D eigenvalue weighted by atomic mass is 35.5. The molecule has 5 nitrogen and oxygen atoms in total. The number of amides is 1. The summed E-state index contributed by atoms with van der Waals surface area (Å²) in [6.07, 6.45) is 1.72. The highest BCUT2D eigenvalue weighted by Crippen LogP contribution is 2.22. The lowest BCUT2D eigenvalue weighted by molar-refractivity contribution is -0.116. The molecule has 0 fully saturated rings. The number of nitrogens with one attached hydrogen (secondary N) is 1. The number of rotatable bonds is 4. The Morgan fingerprint density at radius 2 is 2.21 bits per heavy atom. The fraction of sp³-hybridized carbons (Fsp3) is 0.364. The molecule has 102 valence electrons. The average molecular weight is 318 g/mol. The Labute approximate surface area is 122 Å². The number of nitrogens with zero attached hydrogens (tertiary/aromatic N) is 2. The van der Waals surface area contributed by atoms with E-state index in [1.54, 1.807) is 4.57 Å². The Bertz CT molecular complexity index is 659. The van der Waals surface area contributed by atoms with Gasteiger partial charge in [0.2, 0.25) is 5.91 Å². The maximum absolute atomic E-state index is 11.7. The minimum absolute atomic E-state index is 0.0277. The summed E-state index contributed by atoms with van der Waals surface area (Å²) in [7, 11) is 0. The van der Waals surface area contributed by atoms with Gasteiger partial charge >= 0.3 is 4.87 Å². The van der Waals surface area contributed by atoms with E-state index in [2.05, 4.69) is 10.3 Å². The Morgan fingerprint density at radius 3 is 2.74 bits per heavy atom. The molecule has 2 rings (SSSR count). The lowest BCUT2D eigenvalue weighted by atomic mass is 10.3. The number of hydrogen-bond donors (Lipinski definition) is 1. The molecule has 0 unspecified atom stereocenters. The van der Waals surface area contributed by atoms with Crippen molar-refractivity contribution in [3.63, 3.8) is 0 Å². The molecular weight excluding hydrogens is 306 g/mol. The SMILES string of the molecule is Cc1sc(=O)n(CCC(=O)Nc2ncc(Cl)s2)c1C. The fourth-order valence-corrected chi connectivity index (χ4v) is 3.24. The topological polar surface area (TPSA) is 64.0 Å². The van der Waals surface area contributed by atoms with E-state index in [9.17, 15) is 9.59 Å². The third kappa shape index (κ3) is 3.43. The zero-order chi connectivity index (χ0) is 14.0. The summed E-state index contributed by atoms with van der Waals surface area (Å²) in [5.41, 5.74) is 0.917. The third-order valence-corrected chi connectivity index (χ3v) is 4.69. The Kier molecular flexibility index (Phi) is 4.38. The first kappa shape index (κ1) is 14.2. The lowest BCUT2D eigenvalue weighted by Crippen LogP contribution is -2.20. The van der Waals surface area contributed by atoms with Crippen LogP contribution in [0.5, 0.6) is 0 Å². The molecule has 0 spiro atoms. The second kappa shape index (κ2) is 5.85. The molecule has 0 saturated carbocycles. The molecule has 0 saturated heterocycles. The van der Waals surface area contributed by atoms with E-state index in [0.717, 1.165) is 10.6 Å². The van der Waals surface area contributed by atoms with E-state index in [1.807, 2.05) is 13.8 Å². The first-order valence-electron chi connectivity index (χ1n) is 5.55. The van der Waals surface area contributed by atoms with Crippen molar-refractivity contribution < 1.29 is 4.79 Å². The molecule has 0 atom stereocenters. The van der Waals surface area contributed by atoms with Crippen LogP contribution in [-0.4, -0.2) is 15.5 Å². The predicted molar refractivity (Wildman–Crippen MR) is 78.4 cm³/mol. The lowest BCUT2D eigenvalue weighted by Gasteiger charge is -2.04. The number of hydrogen-bond acceptors (Lipinski definition) is 5. The van der Waals surface area contributed by atoms with Crippen molar-refractivity contribution in [1.82, 2.24) is 9.55 Å². The molecule has 0 aromatic carbocycles. The van der Waals surface area contributed by atoms with Crippen LogP contribution in [0.25, 0.3) is 0 Å². The molecule has 2 aromatic rings.